The number of carbonyl (C=O) groups excluding carboxylic acids is 1. The molecule has 0 spiro atoms. The lowest BCUT2D eigenvalue weighted by Crippen LogP contribution is -2.20. The van der Waals surface area contributed by atoms with Crippen LogP contribution in [0.3, 0.4) is 0 Å². The summed E-state index contributed by atoms with van der Waals surface area (Å²) in [6.45, 7) is 6.73. The predicted octanol–water partition coefficient (Wildman–Crippen LogP) is 2.16. The molecule has 0 saturated heterocycles. The first kappa shape index (κ1) is 16.2. The van der Waals surface area contributed by atoms with Crippen LogP contribution in [0.15, 0.2) is 34.7 Å². The van der Waals surface area contributed by atoms with E-state index in [9.17, 15) is 4.79 Å². The zero-order valence-corrected chi connectivity index (χ0v) is 13.7. The Kier molecular flexibility index (Phi) is 5.71. The summed E-state index contributed by atoms with van der Waals surface area (Å²) in [5.41, 5.74) is 5.26. The van der Waals surface area contributed by atoms with Gasteiger partial charge in [-0.2, -0.15) is 5.10 Å². The van der Waals surface area contributed by atoms with Gasteiger partial charge in [-0.1, -0.05) is 11.8 Å². The van der Waals surface area contributed by atoms with Crippen LogP contribution in [0.1, 0.15) is 24.0 Å². The lowest BCUT2D eigenvalue weighted by Gasteiger charge is -2.03. The van der Waals surface area contributed by atoms with Crippen LogP contribution in [0, 0.1) is 13.8 Å². The summed E-state index contributed by atoms with van der Waals surface area (Å²) in [6, 6.07) is 5.79. The quantitative estimate of drug-likeness (QED) is 0.383. The zero-order chi connectivity index (χ0) is 15.9. The molecular weight excluding hydrogens is 298 g/mol. The monoisotopic (exact) mass is 317 g/mol. The second-order valence-corrected chi connectivity index (χ2v) is 5.68. The SMILES string of the molecule is CCn1cccc1/C=N\NC(=O)CSc1nc(C)cc(C)n1. The topological polar surface area (TPSA) is 72.2 Å². The van der Waals surface area contributed by atoms with Crippen LogP contribution in [-0.2, 0) is 11.3 Å². The fourth-order valence-electron chi connectivity index (χ4n) is 1.92. The maximum Gasteiger partial charge on any atom is 0.250 e. The molecule has 0 radical (unpaired) electrons. The van der Waals surface area contributed by atoms with Crippen molar-refractivity contribution in [2.75, 3.05) is 5.75 Å². The van der Waals surface area contributed by atoms with Crippen LogP contribution >= 0.6 is 11.8 Å². The number of aromatic nitrogens is 3. The summed E-state index contributed by atoms with van der Waals surface area (Å²) in [4.78, 5) is 20.3. The Hall–Kier alpha value is -2.15. The maximum absolute atomic E-state index is 11.8. The molecular formula is C15H19N5OS. The van der Waals surface area contributed by atoms with E-state index in [-0.39, 0.29) is 11.7 Å². The second-order valence-electron chi connectivity index (χ2n) is 4.73. The minimum atomic E-state index is -0.182. The minimum Gasteiger partial charge on any atom is -0.347 e. The van der Waals surface area contributed by atoms with Gasteiger partial charge < -0.3 is 4.57 Å². The van der Waals surface area contributed by atoms with Gasteiger partial charge in [0.2, 0.25) is 0 Å². The van der Waals surface area contributed by atoms with E-state index in [1.54, 1.807) is 6.21 Å². The Labute approximate surface area is 134 Å². The summed E-state index contributed by atoms with van der Waals surface area (Å²) < 4.78 is 2.04. The second kappa shape index (κ2) is 7.74. The third kappa shape index (κ3) is 4.70. The molecule has 2 aromatic rings. The summed E-state index contributed by atoms with van der Waals surface area (Å²) in [6.07, 6.45) is 3.61. The number of carbonyl (C=O) groups is 1. The van der Waals surface area contributed by atoms with Crippen molar-refractivity contribution in [1.29, 1.82) is 0 Å². The summed E-state index contributed by atoms with van der Waals surface area (Å²) >= 11 is 1.30. The van der Waals surface area contributed by atoms with E-state index < -0.39 is 0 Å². The average molecular weight is 317 g/mol. The highest BCUT2D eigenvalue weighted by atomic mass is 32.2. The van der Waals surface area contributed by atoms with Gasteiger partial charge in [-0.25, -0.2) is 15.4 Å². The molecule has 0 aliphatic rings. The normalized spacial score (nSPS) is 11.0. The number of rotatable bonds is 6. The number of hydrazone groups is 1. The van der Waals surface area contributed by atoms with Crippen LogP contribution in [-0.4, -0.2) is 32.4 Å². The van der Waals surface area contributed by atoms with E-state index in [0.717, 1.165) is 23.6 Å². The van der Waals surface area contributed by atoms with Gasteiger partial charge in [-0.3, -0.25) is 4.79 Å². The van der Waals surface area contributed by atoms with Gasteiger partial charge >= 0.3 is 0 Å². The average Bonchev–Trinajstić information content (AvgIpc) is 2.91. The molecule has 2 aromatic heterocycles. The van der Waals surface area contributed by atoms with Crippen LogP contribution < -0.4 is 5.43 Å². The van der Waals surface area contributed by atoms with Crippen molar-refractivity contribution in [2.24, 2.45) is 5.10 Å². The predicted molar refractivity (Wildman–Crippen MR) is 88.1 cm³/mol. The first-order valence-corrected chi connectivity index (χ1v) is 7.99. The Bertz CT molecular complexity index is 660. The highest BCUT2D eigenvalue weighted by Gasteiger charge is 2.05. The smallest absolute Gasteiger partial charge is 0.250 e. The molecule has 2 heterocycles. The molecule has 2 rings (SSSR count). The van der Waals surface area contributed by atoms with E-state index in [2.05, 4.69) is 27.4 Å². The van der Waals surface area contributed by atoms with Crippen LogP contribution in [0.25, 0.3) is 0 Å². The molecule has 1 N–H and O–H groups in total. The summed E-state index contributed by atoms with van der Waals surface area (Å²) in [7, 11) is 0. The van der Waals surface area contributed by atoms with Gasteiger partial charge in [0, 0.05) is 24.1 Å². The molecule has 0 unspecified atom stereocenters. The number of thioether (sulfide) groups is 1. The lowest BCUT2D eigenvalue weighted by atomic mass is 10.4. The van der Waals surface area contributed by atoms with E-state index in [1.807, 2.05) is 42.8 Å². The Balaban J connectivity index is 1.83. The number of aryl methyl sites for hydroxylation is 3. The molecule has 0 aliphatic heterocycles. The molecule has 116 valence electrons. The van der Waals surface area contributed by atoms with Gasteiger partial charge in [-0.15, -0.1) is 0 Å². The molecule has 6 nitrogen and oxygen atoms in total. The molecule has 7 heteroatoms. The molecule has 22 heavy (non-hydrogen) atoms. The Morgan fingerprint density at radius 3 is 2.82 bits per heavy atom. The summed E-state index contributed by atoms with van der Waals surface area (Å²) in [5, 5.41) is 4.58. The zero-order valence-electron chi connectivity index (χ0n) is 12.9. The van der Waals surface area contributed by atoms with Crippen LogP contribution in [0.5, 0.6) is 0 Å². The van der Waals surface area contributed by atoms with Crippen molar-refractivity contribution in [3.8, 4) is 0 Å². The third-order valence-electron chi connectivity index (χ3n) is 2.89. The molecule has 0 bridgehead atoms. The summed E-state index contributed by atoms with van der Waals surface area (Å²) in [5.74, 6) is 0.0493. The number of amides is 1. The fraction of sp³-hybridized carbons (Fsp3) is 0.333. The van der Waals surface area contributed by atoms with E-state index in [1.165, 1.54) is 11.8 Å². The van der Waals surface area contributed by atoms with Crippen molar-refractivity contribution < 1.29 is 4.79 Å². The molecule has 0 saturated carbocycles. The van der Waals surface area contributed by atoms with Crippen LogP contribution in [0.2, 0.25) is 0 Å². The Morgan fingerprint density at radius 1 is 1.41 bits per heavy atom. The molecule has 0 atom stereocenters. The van der Waals surface area contributed by atoms with E-state index in [4.69, 9.17) is 0 Å². The first-order valence-electron chi connectivity index (χ1n) is 7.00. The van der Waals surface area contributed by atoms with Crippen molar-refractivity contribution in [3.63, 3.8) is 0 Å². The van der Waals surface area contributed by atoms with Gasteiger partial charge in [0.05, 0.1) is 17.7 Å². The van der Waals surface area contributed by atoms with E-state index >= 15 is 0 Å². The standard InChI is InChI=1S/C15H19N5OS/c1-4-20-7-5-6-13(20)9-16-19-14(21)10-22-15-17-11(2)8-12(3)18-15/h5-9H,4,10H2,1-3H3,(H,19,21)/b16-9-. The van der Waals surface area contributed by atoms with Crippen LogP contribution in [0.4, 0.5) is 0 Å². The minimum absolute atomic E-state index is 0.182. The Morgan fingerprint density at radius 2 is 2.14 bits per heavy atom. The van der Waals surface area contributed by atoms with E-state index in [0.29, 0.717) is 5.16 Å². The van der Waals surface area contributed by atoms with Crippen molar-refractivity contribution in [3.05, 3.63) is 41.5 Å². The highest BCUT2D eigenvalue weighted by molar-refractivity contribution is 7.99. The number of nitrogens with one attached hydrogen (secondary N) is 1. The van der Waals surface area contributed by atoms with Gasteiger partial charge in [-0.05, 0) is 39.0 Å². The highest BCUT2D eigenvalue weighted by Crippen LogP contribution is 2.13. The molecule has 0 fully saturated rings. The van der Waals surface area contributed by atoms with Gasteiger partial charge in [0.1, 0.15) is 0 Å². The van der Waals surface area contributed by atoms with Crippen molar-refractivity contribution in [1.82, 2.24) is 20.0 Å². The maximum atomic E-state index is 11.8. The van der Waals surface area contributed by atoms with Gasteiger partial charge in [0.25, 0.3) is 5.91 Å². The number of nitrogens with zero attached hydrogens (tertiary/aromatic N) is 4. The fourth-order valence-corrected chi connectivity index (χ4v) is 2.67. The number of hydrogen-bond donors (Lipinski definition) is 1. The first-order chi connectivity index (χ1) is 10.6. The van der Waals surface area contributed by atoms with Crippen molar-refractivity contribution in [2.45, 2.75) is 32.5 Å². The number of hydrogen-bond acceptors (Lipinski definition) is 5. The molecule has 0 aromatic carbocycles. The van der Waals surface area contributed by atoms with Gasteiger partial charge in [0.15, 0.2) is 5.16 Å². The molecule has 0 aliphatic carbocycles. The largest absolute Gasteiger partial charge is 0.347 e. The third-order valence-corrected chi connectivity index (χ3v) is 3.73. The molecule has 1 amide bonds. The van der Waals surface area contributed by atoms with Crippen molar-refractivity contribution >= 4 is 23.9 Å². The lowest BCUT2D eigenvalue weighted by molar-refractivity contribution is -0.118.